The lowest BCUT2D eigenvalue weighted by Crippen LogP contribution is -2.48. The Kier molecular flexibility index (Phi) is 6.68. The Morgan fingerprint density at radius 1 is 1.20 bits per heavy atom. The molecule has 186 valence electrons. The summed E-state index contributed by atoms with van der Waals surface area (Å²) in [5.74, 6) is -0.157. The summed E-state index contributed by atoms with van der Waals surface area (Å²) in [4.78, 5) is 54.1. The van der Waals surface area contributed by atoms with Crippen molar-refractivity contribution in [3.63, 3.8) is 0 Å². The van der Waals surface area contributed by atoms with Gasteiger partial charge in [-0.15, -0.1) is 4.73 Å². The first kappa shape index (κ1) is 24.8. The van der Waals surface area contributed by atoms with Crippen LogP contribution in [0.3, 0.4) is 0 Å². The lowest BCUT2D eigenvalue weighted by Gasteiger charge is -2.33. The van der Waals surface area contributed by atoms with E-state index in [0.29, 0.717) is 11.3 Å². The van der Waals surface area contributed by atoms with Gasteiger partial charge in [-0.25, -0.2) is 0 Å². The van der Waals surface area contributed by atoms with Gasteiger partial charge >= 0.3 is 13.1 Å². The number of aryl methyl sites for hydroxylation is 1. The number of non-ortho nitro benzene ring substituents is 1. The van der Waals surface area contributed by atoms with Crippen LogP contribution in [0.1, 0.15) is 56.2 Å². The van der Waals surface area contributed by atoms with Gasteiger partial charge in [0, 0.05) is 31.2 Å². The molecule has 2 aromatic heterocycles. The molecule has 1 unspecified atom stereocenters. The van der Waals surface area contributed by atoms with Gasteiger partial charge in [0.1, 0.15) is 5.52 Å². The number of hydrogen-bond acceptors (Lipinski definition) is 7. The molecule has 0 bridgehead atoms. The van der Waals surface area contributed by atoms with Crippen molar-refractivity contribution in [1.29, 1.82) is 0 Å². The van der Waals surface area contributed by atoms with Gasteiger partial charge in [-0.3, -0.25) is 24.5 Å². The fourth-order valence-corrected chi connectivity index (χ4v) is 4.78. The Balaban J connectivity index is 1.81. The highest BCUT2D eigenvalue weighted by Crippen LogP contribution is 2.51. The zero-order chi connectivity index (χ0) is 25.4. The van der Waals surface area contributed by atoms with Gasteiger partial charge in [0.2, 0.25) is 0 Å². The second kappa shape index (κ2) is 9.41. The Hall–Kier alpha value is -3.27. The van der Waals surface area contributed by atoms with Crippen molar-refractivity contribution < 1.29 is 28.8 Å². The molecule has 4 rings (SSSR count). The molecule has 1 saturated carbocycles. The normalized spacial score (nSPS) is 16.6. The summed E-state index contributed by atoms with van der Waals surface area (Å²) in [7, 11) is -5.19. The van der Waals surface area contributed by atoms with Crippen molar-refractivity contribution >= 4 is 24.2 Å². The van der Waals surface area contributed by atoms with E-state index in [2.05, 4.69) is 4.98 Å². The minimum absolute atomic E-state index is 0.0146. The predicted octanol–water partition coefficient (Wildman–Crippen LogP) is 4.02. The van der Waals surface area contributed by atoms with E-state index in [9.17, 15) is 29.3 Å². The smallest absolute Gasteiger partial charge is 0.411 e. The van der Waals surface area contributed by atoms with Gasteiger partial charge in [0.05, 0.1) is 16.0 Å². The summed E-state index contributed by atoms with van der Waals surface area (Å²) in [5, 5.41) is 11.5. The maximum atomic E-state index is 12.9. The van der Waals surface area contributed by atoms with Crippen molar-refractivity contribution in [2.45, 2.75) is 57.4 Å². The molecule has 0 saturated heterocycles. The van der Waals surface area contributed by atoms with Crippen molar-refractivity contribution in [2.24, 2.45) is 0 Å². The number of hydrogen-bond donors (Lipinski definition) is 2. The van der Waals surface area contributed by atoms with Gasteiger partial charge in [0.25, 0.3) is 11.2 Å². The van der Waals surface area contributed by atoms with Gasteiger partial charge in [-0.2, -0.15) is 0 Å². The Labute approximate surface area is 200 Å². The van der Waals surface area contributed by atoms with Crippen LogP contribution < -0.4 is 15.1 Å². The van der Waals surface area contributed by atoms with E-state index in [1.165, 1.54) is 30.5 Å². The summed E-state index contributed by atoms with van der Waals surface area (Å²) < 4.78 is 19.3. The van der Waals surface area contributed by atoms with E-state index in [-0.39, 0.29) is 28.3 Å². The number of aromatic nitrogens is 2. The first-order valence-electron chi connectivity index (χ1n) is 11.2. The van der Waals surface area contributed by atoms with Crippen molar-refractivity contribution in [1.82, 2.24) is 9.71 Å². The lowest BCUT2D eigenvalue weighted by molar-refractivity contribution is -0.383. The fraction of sp³-hybridized carbons (Fsp3) is 0.391. The molecule has 12 heteroatoms. The van der Waals surface area contributed by atoms with Crippen LogP contribution in [0.2, 0.25) is 0 Å². The minimum atomic E-state index is -5.19. The average molecular weight is 503 g/mol. The molecule has 35 heavy (non-hydrogen) atoms. The lowest BCUT2D eigenvalue weighted by atomic mass is 9.86. The molecule has 3 aromatic rings. The highest BCUT2D eigenvalue weighted by molar-refractivity contribution is 7.53. The molecular formula is C23H26N3O8P. The SMILES string of the molecule is Cc1cc(C2CCCCC2)n(OC(C)(Oc2ccc([N+](=O)[O-])c3cccnc23)P(=O)(O)O)c(=O)c1. The number of fused-ring (bicyclic) bond motifs is 1. The summed E-state index contributed by atoms with van der Waals surface area (Å²) in [6.45, 7) is 2.80. The van der Waals surface area contributed by atoms with Crippen molar-refractivity contribution in [2.75, 3.05) is 0 Å². The van der Waals surface area contributed by atoms with E-state index < -0.39 is 23.6 Å². The fourth-order valence-electron chi connectivity index (χ4n) is 4.37. The van der Waals surface area contributed by atoms with Gasteiger partial charge in [-0.1, -0.05) is 19.3 Å². The van der Waals surface area contributed by atoms with Crippen LogP contribution in [-0.2, 0) is 4.57 Å². The Bertz CT molecular complexity index is 1380. The number of pyridine rings is 2. The van der Waals surface area contributed by atoms with E-state index in [4.69, 9.17) is 9.57 Å². The summed E-state index contributed by atoms with van der Waals surface area (Å²) in [6.07, 6.45) is 6.03. The Morgan fingerprint density at radius 3 is 2.57 bits per heavy atom. The predicted molar refractivity (Wildman–Crippen MR) is 127 cm³/mol. The highest BCUT2D eigenvalue weighted by Gasteiger charge is 2.50. The summed E-state index contributed by atoms with van der Waals surface area (Å²) >= 11 is 0. The zero-order valence-electron chi connectivity index (χ0n) is 19.3. The number of nitro benzene ring substituents is 1. The zero-order valence-corrected chi connectivity index (χ0v) is 20.2. The molecule has 1 atom stereocenters. The third-order valence-corrected chi connectivity index (χ3v) is 7.41. The van der Waals surface area contributed by atoms with Crippen LogP contribution in [0.25, 0.3) is 10.9 Å². The standard InChI is InChI=1S/C23H26N3O8P/c1-15-13-19(16-7-4-3-5-8-16)25(21(27)14-15)34-23(2,35(30,31)32)33-20-11-10-18(26(28)29)17-9-6-12-24-22(17)20/h6,9-14,16H,3-5,7-8H2,1-2H3,(H2,30,31,32). The molecule has 1 aromatic carbocycles. The molecule has 0 aliphatic heterocycles. The van der Waals surface area contributed by atoms with Crippen LogP contribution in [0.15, 0.2) is 47.4 Å². The molecule has 0 amide bonds. The van der Waals surface area contributed by atoms with Crippen LogP contribution in [0.5, 0.6) is 5.75 Å². The molecule has 1 aliphatic carbocycles. The quantitative estimate of drug-likeness (QED) is 0.211. The maximum absolute atomic E-state index is 12.9. The first-order valence-corrected chi connectivity index (χ1v) is 12.8. The van der Waals surface area contributed by atoms with Crippen LogP contribution in [0, 0.1) is 17.0 Å². The number of nitro groups is 1. The third kappa shape index (κ3) is 4.93. The number of nitrogens with zero attached hydrogens (tertiary/aromatic N) is 3. The van der Waals surface area contributed by atoms with Crippen LogP contribution in [-0.4, -0.2) is 30.0 Å². The first-order chi connectivity index (χ1) is 16.5. The molecule has 0 radical (unpaired) electrons. The molecule has 1 fully saturated rings. The topological polar surface area (TPSA) is 154 Å². The van der Waals surface area contributed by atoms with Gasteiger partial charge in [0.15, 0.2) is 5.75 Å². The van der Waals surface area contributed by atoms with Crippen LogP contribution >= 0.6 is 7.60 Å². The molecule has 11 nitrogen and oxygen atoms in total. The highest BCUT2D eigenvalue weighted by atomic mass is 31.2. The number of benzene rings is 1. The Morgan fingerprint density at radius 2 is 1.91 bits per heavy atom. The molecular weight excluding hydrogens is 477 g/mol. The molecule has 2 N–H and O–H groups in total. The van der Waals surface area contributed by atoms with E-state index in [1.54, 1.807) is 13.0 Å². The van der Waals surface area contributed by atoms with Crippen molar-refractivity contribution in [3.8, 4) is 5.75 Å². The number of rotatable bonds is 7. The van der Waals surface area contributed by atoms with E-state index >= 15 is 0 Å². The minimum Gasteiger partial charge on any atom is -0.439 e. The third-order valence-electron chi connectivity index (χ3n) is 6.18. The second-order valence-corrected chi connectivity index (χ2v) is 10.7. The summed E-state index contributed by atoms with van der Waals surface area (Å²) in [6, 6.07) is 8.40. The number of ether oxygens (including phenoxy) is 1. The van der Waals surface area contributed by atoms with Gasteiger partial charge in [-0.05, 0) is 49.6 Å². The second-order valence-electron chi connectivity index (χ2n) is 8.80. The largest absolute Gasteiger partial charge is 0.439 e. The van der Waals surface area contributed by atoms with Gasteiger partial charge < -0.3 is 19.4 Å². The monoisotopic (exact) mass is 503 g/mol. The maximum Gasteiger partial charge on any atom is 0.411 e. The molecule has 2 heterocycles. The van der Waals surface area contributed by atoms with E-state index in [1.807, 2.05) is 0 Å². The van der Waals surface area contributed by atoms with Crippen LogP contribution in [0.4, 0.5) is 5.69 Å². The molecule has 1 aliphatic rings. The molecule has 0 spiro atoms. The summed E-state index contributed by atoms with van der Waals surface area (Å²) in [5.41, 5.74) is -2.21. The van der Waals surface area contributed by atoms with Crippen molar-refractivity contribution in [3.05, 3.63) is 74.3 Å². The van der Waals surface area contributed by atoms with E-state index in [0.717, 1.165) is 49.8 Å². The average Bonchev–Trinajstić information content (AvgIpc) is 2.80.